The number of rotatable bonds is 7. The van der Waals surface area contributed by atoms with E-state index >= 15 is 0 Å². The predicted molar refractivity (Wildman–Crippen MR) is 94.1 cm³/mol. The summed E-state index contributed by atoms with van der Waals surface area (Å²) in [5.74, 6) is 0.0637. The molecular formula is C15H20N4O3S2. The molecule has 1 aromatic heterocycles. The fourth-order valence-corrected chi connectivity index (χ4v) is 3.53. The molecule has 2 rings (SSSR count). The number of nitrogens with one attached hydrogen (secondary N) is 1. The number of anilines is 1. The second-order valence-electron chi connectivity index (χ2n) is 5.69. The van der Waals surface area contributed by atoms with Gasteiger partial charge >= 0.3 is 0 Å². The van der Waals surface area contributed by atoms with Crippen LogP contribution >= 0.6 is 11.3 Å². The molecule has 0 aliphatic heterocycles. The van der Waals surface area contributed by atoms with Gasteiger partial charge in [-0.3, -0.25) is 4.79 Å². The van der Waals surface area contributed by atoms with Crippen LogP contribution in [0.4, 0.5) is 5.13 Å². The highest BCUT2D eigenvalue weighted by atomic mass is 32.2. The van der Waals surface area contributed by atoms with Gasteiger partial charge in [0, 0.05) is 25.6 Å². The maximum absolute atomic E-state index is 12.3. The van der Waals surface area contributed by atoms with Crippen molar-refractivity contribution < 1.29 is 13.2 Å². The highest BCUT2D eigenvalue weighted by molar-refractivity contribution is 7.89. The third-order valence-electron chi connectivity index (χ3n) is 3.27. The van der Waals surface area contributed by atoms with Gasteiger partial charge in [0.2, 0.25) is 15.2 Å². The molecule has 0 amide bonds. The first-order valence-corrected chi connectivity index (χ1v) is 9.60. The van der Waals surface area contributed by atoms with Crippen LogP contribution in [0.3, 0.4) is 0 Å². The molecule has 0 atom stereocenters. The average Bonchev–Trinajstić information content (AvgIpc) is 3.01. The molecule has 0 saturated heterocycles. The summed E-state index contributed by atoms with van der Waals surface area (Å²) in [6.07, 6.45) is 0. The standard InChI is InChI=1S/C15H20N4O3S2/c1-10(2)14-17-18-15(23-14)16-9-13(20)11-6-5-7-12(8-11)24(21,22)19(3)4/h5-8,10H,9H2,1-4H3,(H,16,18). The fraction of sp³-hybridized carbons (Fsp3) is 0.400. The normalized spacial score (nSPS) is 11.9. The van der Waals surface area contributed by atoms with Gasteiger partial charge in [0.15, 0.2) is 5.78 Å². The Morgan fingerprint density at radius 1 is 1.29 bits per heavy atom. The summed E-state index contributed by atoms with van der Waals surface area (Å²) in [6, 6.07) is 6.02. The Bertz CT molecular complexity index is 829. The molecule has 24 heavy (non-hydrogen) atoms. The fourth-order valence-electron chi connectivity index (χ4n) is 1.84. The van der Waals surface area contributed by atoms with E-state index < -0.39 is 10.0 Å². The molecule has 0 spiro atoms. The van der Waals surface area contributed by atoms with Crippen molar-refractivity contribution in [3.05, 3.63) is 34.8 Å². The van der Waals surface area contributed by atoms with Crippen LogP contribution in [0, 0.1) is 0 Å². The Balaban J connectivity index is 2.10. The molecule has 0 fully saturated rings. The first kappa shape index (κ1) is 18.5. The number of carbonyl (C=O) groups excluding carboxylic acids is 1. The summed E-state index contributed by atoms with van der Waals surface area (Å²) in [6.45, 7) is 4.07. The van der Waals surface area contributed by atoms with Crippen LogP contribution in [-0.4, -0.2) is 49.3 Å². The molecular weight excluding hydrogens is 348 g/mol. The predicted octanol–water partition coefficient (Wildman–Crippen LogP) is 2.21. The number of carbonyl (C=O) groups is 1. The molecule has 0 aliphatic carbocycles. The lowest BCUT2D eigenvalue weighted by atomic mass is 10.1. The zero-order valence-electron chi connectivity index (χ0n) is 14.0. The van der Waals surface area contributed by atoms with E-state index in [-0.39, 0.29) is 23.1 Å². The van der Waals surface area contributed by atoms with E-state index in [1.807, 2.05) is 13.8 Å². The maximum Gasteiger partial charge on any atom is 0.242 e. The zero-order valence-corrected chi connectivity index (χ0v) is 15.6. The van der Waals surface area contributed by atoms with Crippen molar-refractivity contribution in [2.24, 2.45) is 0 Å². The van der Waals surface area contributed by atoms with Gasteiger partial charge in [-0.05, 0) is 12.1 Å². The van der Waals surface area contributed by atoms with E-state index in [1.54, 1.807) is 12.1 Å². The first-order chi connectivity index (χ1) is 11.2. The Hall–Kier alpha value is -1.84. The molecule has 0 bridgehead atoms. The third kappa shape index (κ3) is 4.16. The minimum Gasteiger partial charge on any atom is -0.353 e. The lowest BCUT2D eigenvalue weighted by Crippen LogP contribution is -2.22. The van der Waals surface area contributed by atoms with Gasteiger partial charge in [-0.2, -0.15) is 0 Å². The third-order valence-corrected chi connectivity index (χ3v) is 6.26. The Morgan fingerprint density at radius 2 is 2.00 bits per heavy atom. The van der Waals surface area contributed by atoms with Crippen molar-refractivity contribution in [3.63, 3.8) is 0 Å². The van der Waals surface area contributed by atoms with E-state index in [4.69, 9.17) is 0 Å². The van der Waals surface area contributed by atoms with Gasteiger partial charge in [0.1, 0.15) is 5.01 Å². The SMILES string of the molecule is CC(C)c1nnc(NCC(=O)c2cccc(S(=O)(=O)N(C)C)c2)s1. The topological polar surface area (TPSA) is 92.3 Å². The number of hydrogen-bond donors (Lipinski definition) is 1. The lowest BCUT2D eigenvalue weighted by molar-refractivity contribution is 0.101. The van der Waals surface area contributed by atoms with Gasteiger partial charge in [-0.15, -0.1) is 10.2 Å². The highest BCUT2D eigenvalue weighted by Crippen LogP contribution is 2.22. The van der Waals surface area contributed by atoms with Crippen molar-refractivity contribution in [1.82, 2.24) is 14.5 Å². The van der Waals surface area contributed by atoms with Crippen molar-refractivity contribution in [1.29, 1.82) is 0 Å². The summed E-state index contributed by atoms with van der Waals surface area (Å²) in [4.78, 5) is 12.4. The summed E-state index contributed by atoms with van der Waals surface area (Å²) >= 11 is 1.40. The molecule has 7 nitrogen and oxygen atoms in total. The molecule has 0 radical (unpaired) electrons. The van der Waals surface area contributed by atoms with Gasteiger partial charge in [0.05, 0.1) is 11.4 Å². The van der Waals surface area contributed by atoms with Crippen LogP contribution < -0.4 is 5.32 Å². The smallest absolute Gasteiger partial charge is 0.242 e. The van der Waals surface area contributed by atoms with Crippen LogP contribution in [-0.2, 0) is 10.0 Å². The second kappa shape index (κ2) is 7.37. The Kier molecular flexibility index (Phi) is 5.68. The molecule has 2 aromatic rings. The van der Waals surface area contributed by atoms with Gasteiger partial charge in [-0.1, -0.05) is 37.3 Å². The van der Waals surface area contributed by atoms with Gasteiger partial charge in [0.25, 0.3) is 0 Å². The van der Waals surface area contributed by atoms with E-state index in [1.165, 1.54) is 37.6 Å². The maximum atomic E-state index is 12.3. The monoisotopic (exact) mass is 368 g/mol. The van der Waals surface area contributed by atoms with Crippen LogP contribution in [0.15, 0.2) is 29.2 Å². The molecule has 1 heterocycles. The van der Waals surface area contributed by atoms with E-state index in [0.717, 1.165) is 9.31 Å². The minimum atomic E-state index is -3.57. The molecule has 0 aliphatic rings. The van der Waals surface area contributed by atoms with Crippen molar-refractivity contribution in [2.75, 3.05) is 26.0 Å². The van der Waals surface area contributed by atoms with Crippen LogP contribution in [0.5, 0.6) is 0 Å². The molecule has 9 heteroatoms. The second-order valence-corrected chi connectivity index (χ2v) is 8.85. The van der Waals surface area contributed by atoms with Crippen LogP contribution in [0.2, 0.25) is 0 Å². The summed E-state index contributed by atoms with van der Waals surface area (Å²) in [7, 11) is -0.663. The number of nitrogens with zero attached hydrogens (tertiary/aromatic N) is 3. The number of hydrogen-bond acceptors (Lipinski definition) is 7. The van der Waals surface area contributed by atoms with E-state index in [2.05, 4.69) is 15.5 Å². The molecule has 1 aromatic carbocycles. The van der Waals surface area contributed by atoms with Crippen molar-refractivity contribution in [3.8, 4) is 0 Å². The molecule has 0 unspecified atom stereocenters. The van der Waals surface area contributed by atoms with Crippen molar-refractivity contribution in [2.45, 2.75) is 24.7 Å². The van der Waals surface area contributed by atoms with Crippen LogP contribution in [0.25, 0.3) is 0 Å². The Labute approximate surface area is 145 Å². The first-order valence-electron chi connectivity index (χ1n) is 7.35. The van der Waals surface area contributed by atoms with Gasteiger partial charge < -0.3 is 5.32 Å². The van der Waals surface area contributed by atoms with Crippen molar-refractivity contribution >= 4 is 32.3 Å². The molecule has 130 valence electrons. The lowest BCUT2D eigenvalue weighted by Gasteiger charge is -2.12. The number of ketones is 1. The highest BCUT2D eigenvalue weighted by Gasteiger charge is 2.19. The summed E-state index contributed by atoms with van der Waals surface area (Å²) in [5.41, 5.74) is 0.332. The minimum absolute atomic E-state index is 0.0260. The Morgan fingerprint density at radius 3 is 2.58 bits per heavy atom. The summed E-state index contributed by atoms with van der Waals surface area (Å²) < 4.78 is 25.4. The molecule has 1 N–H and O–H groups in total. The largest absolute Gasteiger partial charge is 0.353 e. The zero-order chi connectivity index (χ0) is 17.9. The quantitative estimate of drug-likeness (QED) is 0.753. The number of Topliss-reactive ketones (excluding diaryl/α,β-unsaturated/α-hetero) is 1. The van der Waals surface area contributed by atoms with Gasteiger partial charge in [-0.25, -0.2) is 12.7 Å². The van der Waals surface area contributed by atoms with Crippen LogP contribution in [0.1, 0.15) is 35.1 Å². The van der Waals surface area contributed by atoms with E-state index in [0.29, 0.717) is 10.7 Å². The number of benzene rings is 1. The summed E-state index contributed by atoms with van der Waals surface area (Å²) in [5, 5.41) is 12.4. The average molecular weight is 368 g/mol. The van der Waals surface area contributed by atoms with E-state index in [9.17, 15) is 13.2 Å². The number of sulfonamides is 1. The molecule has 0 saturated carbocycles. The number of aromatic nitrogens is 2.